The molecule has 3 rings (SSSR count). The quantitative estimate of drug-likeness (QED) is 0.697. The predicted molar refractivity (Wildman–Crippen MR) is 60.5 cm³/mol. The van der Waals surface area contributed by atoms with Crippen LogP contribution in [0.1, 0.15) is 17.9 Å². The molecule has 0 radical (unpaired) electrons. The molecule has 0 aromatic heterocycles. The molecule has 0 amide bonds. The van der Waals surface area contributed by atoms with E-state index in [0.29, 0.717) is 12.0 Å². The SMILES string of the molecule is CN1c2c(O)cc(F)cc2C2CNCCC21. The van der Waals surface area contributed by atoms with Crippen LogP contribution in [0, 0.1) is 5.82 Å². The van der Waals surface area contributed by atoms with E-state index < -0.39 is 0 Å². The molecule has 0 aliphatic carbocycles. The van der Waals surface area contributed by atoms with Crippen molar-refractivity contribution in [3.63, 3.8) is 0 Å². The highest BCUT2D eigenvalue weighted by Crippen LogP contribution is 2.47. The Bertz CT molecular complexity index is 435. The lowest BCUT2D eigenvalue weighted by Crippen LogP contribution is -2.42. The average Bonchev–Trinajstić information content (AvgIpc) is 2.54. The van der Waals surface area contributed by atoms with Gasteiger partial charge < -0.3 is 15.3 Å². The molecule has 0 saturated carbocycles. The molecule has 1 aromatic rings. The third kappa shape index (κ3) is 1.23. The third-order valence-corrected chi connectivity index (χ3v) is 3.78. The maximum absolute atomic E-state index is 13.3. The van der Waals surface area contributed by atoms with Gasteiger partial charge in [-0.05, 0) is 24.6 Å². The van der Waals surface area contributed by atoms with Gasteiger partial charge in [-0.2, -0.15) is 0 Å². The minimum atomic E-state index is -0.351. The van der Waals surface area contributed by atoms with Gasteiger partial charge in [-0.15, -0.1) is 0 Å². The number of phenols is 1. The summed E-state index contributed by atoms with van der Waals surface area (Å²) in [5.74, 6) is 0.0122. The Balaban J connectivity index is 2.13. The number of aromatic hydroxyl groups is 1. The van der Waals surface area contributed by atoms with E-state index in [1.807, 2.05) is 7.05 Å². The maximum atomic E-state index is 13.3. The molecule has 86 valence electrons. The zero-order valence-electron chi connectivity index (χ0n) is 9.20. The van der Waals surface area contributed by atoms with Crippen LogP contribution in [0.4, 0.5) is 10.1 Å². The molecule has 3 nitrogen and oxygen atoms in total. The molecule has 1 saturated heterocycles. The topological polar surface area (TPSA) is 35.5 Å². The first kappa shape index (κ1) is 9.90. The zero-order valence-corrected chi connectivity index (χ0v) is 9.20. The summed E-state index contributed by atoms with van der Waals surface area (Å²) in [6.45, 7) is 1.85. The lowest BCUT2D eigenvalue weighted by molar-refractivity contribution is 0.412. The standard InChI is InChI=1S/C12H15FN2O/c1-15-10-2-3-14-6-9(10)8-4-7(13)5-11(16)12(8)15/h4-5,9-10,14,16H,2-3,6H2,1H3. The van der Waals surface area contributed by atoms with Crippen molar-refractivity contribution in [3.8, 4) is 5.75 Å². The number of hydrogen-bond acceptors (Lipinski definition) is 3. The van der Waals surface area contributed by atoms with Crippen molar-refractivity contribution in [1.82, 2.24) is 5.32 Å². The molecule has 16 heavy (non-hydrogen) atoms. The molecule has 2 aliphatic heterocycles. The van der Waals surface area contributed by atoms with Crippen molar-refractivity contribution in [3.05, 3.63) is 23.5 Å². The number of nitrogens with zero attached hydrogens (tertiary/aromatic N) is 1. The fourth-order valence-electron chi connectivity index (χ4n) is 3.06. The largest absolute Gasteiger partial charge is 0.506 e. The van der Waals surface area contributed by atoms with Gasteiger partial charge in [0.25, 0.3) is 0 Å². The van der Waals surface area contributed by atoms with E-state index in [9.17, 15) is 9.50 Å². The second-order valence-electron chi connectivity index (χ2n) is 4.64. The van der Waals surface area contributed by atoms with Gasteiger partial charge in [0.15, 0.2) is 0 Å². The smallest absolute Gasteiger partial charge is 0.142 e. The molecule has 0 spiro atoms. The van der Waals surface area contributed by atoms with Crippen molar-refractivity contribution in [2.24, 2.45) is 0 Å². The Morgan fingerprint density at radius 2 is 2.31 bits per heavy atom. The lowest BCUT2D eigenvalue weighted by Gasteiger charge is -2.31. The summed E-state index contributed by atoms with van der Waals surface area (Å²) in [4.78, 5) is 2.09. The minimum absolute atomic E-state index is 0.0619. The van der Waals surface area contributed by atoms with Crippen LogP contribution in [0.25, 0.3) is 0 Å². The molecule has 4 heteroatoms. The lowest BCUT2D eigenvalue weighted by atomic mass is 9.90. The Labute approximate surface area is 93.9 Å². The molecular weight excluding hydrogens is 207 g/mol. The number of anilines is 1. The number of hydrogen-bond donors (Lipinski definition) is 2. The van der Waals surface area contributed by atoms with Gasteiger partial charge in [0.2, 0.25) is 0 Å². The second kappa shape index (κ2) is 3.35. The first-order valence-corrected chi connectivity index (χ1v) is 5.64. The highest BCUT2D eigenvalue weighted by molar-refractivity contribution is 5.69. The third-order valence-electron chi connectivity index (χ3n) is 3.78. The van der Waals surface area contributed by atoms with E-state index in [1.165, 1.54) is 6.07 Å². The summed E-state index contributed by atoms with van der Waals surface area (Å²) in [5, 5.41) is 13.2. The molecule has 1 aromatic carbocycles. The maximum Gasteiger partial charge on any atom is 0.142 e. The van der Waals surface area contributed by atoms with Crippen molar-refractivity contribution in [1.29, 1.82) is 0 Å². The van der Waals surface area contributed by atoms with Crippen molar-refractivity contribution in [2.45, 2.75) is 18.4 Å². The van der Waals surface area contributed by atoms with E-state index in [1.54, 1.807) is 6.07 Å². The average molecular weight is 222 g/mol. The minimum Gasteiger partial charge on any atom is -0.506 e. The van der Waals surface area contributed by atoms with Crippen LogP contribution in [-0.4, -0.2) is 31.3 Å². The molecule has 2 aliphatic rings. The molecule has 2 atom stereocenters. The Morgan fingerprint density at radius 1 is 1.50 bits per heavy atom. The van der Waals surface area contributed by atoms with Crippen LogP contribution in [0.5, 0.6) is 5.75 Å². The first-order valence-electron chi connectivity index (χ1n) is 5.64. The van der Waals surface area contributed by atoms with Crippen molar-refractivity contribution < 1.29 is 9.50 Å². The van der Waals surface area contributed by atoms with Crippen LogP contribution in [0.15, 0.2) is 12.1 Å². The van der Waals surface area contributed by atoms with Crippen molar-refractivity contribution >= 4 is 5.69 Å². The number of phenolic OH excluding ortho intramolecular Hbond substituents is 1. The van der Waals surface area contributed by atoms with Crippen LogP contribution in [0.3, 0.4) is 0 Å². The van der Waals surface area contributed by atoms with Gasteiger partial charge in [0.1, 0.15) is 11.6 Å². The number of piperidine rings is 1. The number of likely N-dealkylation sites (N-methyl/N-ethyl adjacent to an activating group) is 1. The number of benzene rings is 1. The number of rotatable bonds is 0. The summed E-state index contributed by atoms with van der Waals surface area (Å²) < 4.78 is 13.3. The summed E-state index contributed by atoms with van der Waals surface area (Å²) in [6, 6.07) is 3.15. The summed E-state index contributed by atoms with van der Waals surface area (Å²) >= 11 is 0. The van der Waals surface area contributed by atoms with E-state index in [4.69, 9.17) is 0 Å². The Morgan fingerprint density at radius 3 is 3.12 bits per heavy atom. The van der Waals surface area contributed by atoms with Crippen LogP contribution in [0.2, 0.25) is 0 Å². The van der Waals surface area contributed by atoms with Gasteiger partial charge in [0, 0.05) is 31.6 Å². The van der Waals surface area contributed by atoms with Gasteiger partial charge in [-0.25, -0.2) is 4.39 Å². The van der Waals surface area contributed by atoms with Gasteiger partial charge in [0.05, 0.1) is 5.69 Å². The Hall–Kier alpha value is -1.29. The zero-order chi connectivity index (χ0) is 11.3. The molecule has 2 heterocycles. The summed E-state index contributed by atoms with van der Waals surface area (Å²) in [7, 11) is 1.98. The Kier molecular flexibility index (Phi) is 2.07. The van der Waals surface area contributed by atoms with E-state index in [2.05, 4.69) is 10.2 Å². The van der Waals surface area contributed by atoms with Gasteiger partial charge >= 0.3 is 0 Å². The molecular formula is C12H15FN2O. The normalized spacial score (nSPS) is 27.8. The highest BCUT2D eigenvalue weighted by atomic mass is 19.1. The summed E-state index contributed by atoms with van der Waals surface area (Å²) in [5.41, 5.74) is 1.75. The first-order chi connectivity index (χ1) is 7.68. The van der Waals surface area contributed by atoms with E-state index >= 15 is 0 Å². The molecule has 0 bridgehead atoms. The van der Waals surface area contributed by atoms with E-state index in [-0.39, 0.29) is 11.6 Å². The van der Waals surface area contributed by atoms with Gasteiger partial charge in [-0.1, -0.05) is 0 Å². The fourth-order valence-corrected chi connectivity index (χ4v) is 3.06. The van der Waals surface area contributed by atoms with Gasteiger partial charge in [-0.3, -0.25) is 0 Å². The number of fused-ring (bicyclic) bond motifs is 3. The van der Waals surface area contributed by atoms with E-state index in [0.717, 1.165) is 30.8 Å². The molecule has 2 unspecified atom stereocenters. The monoisotopic (exact) mass is 222 g/mol. The van der Waals surface area contributed by atoms with Crippen LogP contribution < -0.4 is 10.2 Å². The summed E-state index contributed by atoms with van der Waals surface area (Å²) in [6.07, 6.45) is 1.04. The highest BCUT2D eigenvalue weighted by Gasteiger charge is 2.39. The van der Waals surface area contributed by atoms with Crippen LogP contribution >= 0.6 is 0 Å². The number of nitrogens with one attached hydrogen (secondary N) is 1. The molecule has 1 fully saturated rings. The van der Waals surface area contributed by atoms with Crippen molar-refractivity contribution in [2.75, 3.05) is 25.0 Å². The molecule has 2 N–H and O–H groups in total. The second-order valence-corrected chi connectivity index (χ2v) is 4.64. The predicted octanol–water partition coefficient (Wildman–Crippen LogP) is 1.43. The fraction of sp³-hybridized carbons (Fsp3) is 0.500. The number of halogens is 1. The van der Waals surface area contributed by atoms with Crippen LogP contribution in [-0.2, 0) is 0 Å².